The molecule has 0 aromatic heterocycles. The van der Waals surface area contributed by atoms with Crippen LogP contribution in [-0.2, 0) is 14.3 Å². The van der Waals surface area contributed by atoms with E-state index in [1.165, 1.54) is 19.3 Å². The first kappa shape index (κ1) is 35.5. The van der Waals surface area contributed by atoms with Gasteiger partial charge in [-0.25, -0.2) is 4.79 Å². The average Bonchev–Trinajstić information content (AvgIpc) is 2.86. The van der Waals surface area contributed by atoms with Crippen LogP contribution in [0.3, 0.4) is 0 Å². The minimum atomic E-state index is -0.797. The zero-order chi connectivity index (χ0) is 30.1. The maximum Gasteiger partial charge on any atom is 0.408 e. The summed E-state index contributed by atoms with van der Waals surface area (Å²) in [4.78, 5) is 42.6. The van der Waals surface area contributed by atoms with Crippen molar-refractivity contribution in [3.05, 3.63) is 35.4 Å². The Hall–Kier alpha value is -2.57. The maximum absolute atomic E-state index is 14.3. The summed E-state index contributed by atoms with van der Waals surface area (Å²) >= 11 is 0. The van der Waals surface area contributed by atoms with Gasteiger partial charge in [0.1, 0.15) is 17.7 Å². The van der Waals surface area contributed by atoms with Crippen molar-refractivity contribution in [2.75, 3.05) is 13.1 Å². The molecule has 3 amide bonds. The highest BCUT2D eigenvalue weighted by Crippen LogP contribution is 2.27. The molecule has 0 radical (unpaired) electrons. The molecule has 7 heteroatoms. The third-order valence-electron chi connectivity index (χ3n) is 6.85. The van der Waals surface area contributed by atoms with Gasteiger partial charge in [0.15, 0.2) is 0 Å². The SMILES string of the molecule is CCCCCCCCN(C(=O)C(CC(C)C)NC(=O)OC(C)(C)C)C(C(=O)NCCCCC)c1ccccc1C. The lowest BCUT2D eigenvalue weighted by molar-refractivity contribution is -0.143. The molecule has 1 aromatic rings. The van der Waals surface area contributed by atoms with E-state index < -0.39 is 23.8 Å². The first-order chi connectivity index (χ1) is 18.9. The number of aryl methyl sites for hydroxylation is 1. The van der Waals surface area contributed by atoms with Gasteiger partial charge < -0.3 is 20.3 Å². The van der Waals surface area contributed by atoms with E-state index >= 15 is 0 Å². The number of amides is 3. The number of hydrogen-bond donors (Lipinski definition) is 2. The molecule has 0 fully saturated rings. The lowest BCUT2D eigenvalue weighted by Crippen LogP contribution is -2.53. The number of unbranched alkanes of at least 4 members (excludes halogenated alkanes) is 7. The zero-order valence-corrected chi connectivity index (χ0v) is 26.6. The second-order valence-electron chi connectivity index (χ2n) is 12.4. The van der Waals surface area contributed by atoms with Crippen molar-refractivity contribution in [3.8, 4) is 0 Å². The largest absolute Gasteiger partial charge is 0.444 e. The summed E-state index contributed by atoms with van der Waals surface area (Å²) < 4.78 is 5.50. The number of nitrogens with zero attached hydrogens (tertiary/aromatic N) is 1. The van der Waals surface area contributed by atoms with Crippen LogP contribution in [0, 0.1) is 12.8 Å². The van der Waals surface area contributed by atoms with Gasteiger partial charge in [0.2, 0.25) is 11.8 Å². The Balaban J connectivity index is 3.41. The fourth-order valence-electron chi connectivity index (χ4n) is 4.80. The van der Waals surface area contributed by atoms with Crippen LogP contribution in [0.5, 0.6) is 0 Å². The third-order valence-corrected chi connectivity index (χ3v) is 6.85. The van der Waals surface area contributed by atoms with Crippen molar-refractivity contribution >= 4 is 17.9 Å². The number of nitrogens with one attached hydrogen (secondary N) is 2. The first-order valence-electron chi connectivity index (χ1n) is 15.5. The standard InChI is InChI=1S/C33H57N3O4/c1-9-11-13-14-15-19-23-36(31(38)28(24-25(3)4)35-32(39)40-33(6,7)8)29(27-21-17-16-20-26(27)5)30(37)34-22-18-12-10-2/h16-17,20-21,25,28-29H,9-15,18-19,22-24H2,1-8H3,(H,34,37)(H,35,39). The second-order valence-corrected chi connectivity index (χ2v) is 12.4. The topological polar surface area (TPSA) is 87.7 Å². The number of benzene rings is 1. The first-order valence-corrected chi connectivity index (χ1v) is 15.5. The van der Waals surface area contributed by atoms with Crippen molar-refractivity contribution in [2.45, 2.75) is 137 Å². The molecule has 0 aliphatic carbocycles. The lowest BCUT2D eigenvalue weighted by atomic mass is 9.96. The summed E-state index contributed by atoms with van der Waals surface area (Å²) in [5.74, 6) is -0.269. The van der Waals surface area contributed by atoms with Crippen LogP contribution < -0.4 is 10.6 Å². The minimum Gasteiger partial charge on any atom is -0.444 e. The Morgan fingerprint density at radius 1 is 0.900 bits per heavy atom. The van der Waals surface area contributed by atoms with E-state index in [1.54, 1.807) is 25.7 Å². The highest BCUT2D eigenvalue weighted by atomic mass is 16.6. The summed E-state index contributed by atoms with van der Waals surface area (Å²) in [6.45, 7) is 16.8. The van der Waals surface area contributed by atoms with Crippen molar-refractivity contribution < 1.29 is 19.1 Å². The molecule has 0 aliphatic rings. The molecule has 0 saturated carbocycles. The van der Waals surface area contributed by atoms with E-state index in [9.17, 15) is 14.4 Å². The molecule has 228 valence electrons. The number of hydrogen-bond acceptors (Lipinski definition) is 4. The molecule has 7 nitrogen and oxygen atoms in total. The van der Waals surface area contributed by atoms with E-state index in [2.05, 4.69) is 24.5 Å². The summed E-state index contributed by atoms with van der Waals surface area (Å²) in [6.07, 6.45) is 9.23. The highest BCUT2D eigenvalue weighted by Gasteiger charge is 2.36. The summed E-state index contributed by atoms with van der Waals surface area (Å²) in [6, 6.07) is 6.20. The van der Waals surface area contributed by atoms with Gasteiger partial charge in [0, 0.05) is 13.1 Å². The molecule has 0 aliphatic heterocycles. The van der Waals surface area contributed by atoms with Gasteiger partial charge in [0.05, 0.1) is 0 Å². The molecule has 0 heterocycles. The molecule has 0 saturated heterocycles. The third kappa shape index (κ3) is 13.7. The Labute approximate surface area is 244 Å². The van der Waals surface area contributed by atoms with Gasteiger partial charge >= 0.3 is 6.09 Å². The fraction of sp³-hybridized carbons (Fsp3) is 0.727. The molecule has 1 rings (SSSR count). The molecule has 2 atom stereocenters. The summed E-state index contributed by atoms with van der Waals surface area (Å²) in [5.41, 5.74) is 1.09. The van der Waals surface area contributed by atoms with Gasteiger partial charge in [-0.3, -0.25) is 9.59 Å². The number of ether oxygens (including phenoxy) is 1. The highest BCUT2D eigenvalue weighted by molar-refractivity contribution is 5.92. The molecule has 2 unspecified atom stereocenters. The minimum absolute atomic E-state index is 0.152. The van der Waals surface area contributed by atoms with Gasteiger partial charge in [-0.1, -0.05) is 96.9 Å². The Morgan fingerprint density at radius 2 is 1.50 bits per heavy atom. The smallest absolute Gasteiger partial charge is 0.408 e. The van der Waals surface area contributed by atoms with Crippen LogP contribution in [0.25, 0.3) is 0 Å². The zero-order valence-electron chi connectivity index (χ0n) is 26.6. The van der Waals surface area contributed by atoms with Crippen LogP contribution in [-0.4, -0.2) is 47.5 Å². The van der Waals surface area contributed by atoms with Crippen molar-refractivity contribution in [2.24, 2.45) is 5.92 Å². The van der Waals surface area contributed by atoms with Crippen molar-refractivity contribution in [1.82, 2.24) is 15.5 Å². The number of carbonyl (C=O) groups is 3. The van der Waals surface area contributed by atoms with Crippen LogP contribution in [0.1, 0.15) is 130 Å². The molecule has 2 N–H and O–H groups in total. The van der Waals surface area contributed by atoms with Gasteiger partial charge in [-0.05, 0) is 64.0 Å². The van der Waals surface area contributed by atoms with Crippen LogP contribution in [0.2, 0.25) is 0 Å². The number of alkyl carbamates (subject to hydrolysis) is 1. The monoisotopic (exact) mass is 559 g/mol. The summed E-state index contributed by atoms with van der Waals surface area (Å²) in [5, 5.41) is 5.94. The van der Waals surface area contributed by atoms with Gasteiger partial charge in [0.25, 0.3) is 0 Å². The maximum atomic E-state index is 14.3. The van der Waals surface area contributed by atoms with Crippen LogP contribution in [0.4, 0.5) is 4.79 Å². The molecule has 0 bridgehead atoms. The van der Waals surface area contributed by atoms with Gasteiger partial charge in [-0.15, -0.1) is 0 Å². The van der Waals surface area contributed by atoms with Crippen LogP contribution in [0.15, 0.2) is 24.3 Å². The number of rotatable bonds is 18. The normalized spacial score (nSPS) is 13.0. The van der Waals surface area contributed by atoms with Gasteiger partial charge in [-0.2, -0.15) is 0 Å². The van der Waals surface area contributed by atoms with E-state index in [1.807, 2.05) is 45.0 Å². The molecule has 0 spiro atoms. The quantitative estimate of drug-likeness (QED) is 0.183. The lowest BCUT2D eigenvalue weighted by Gasteiger charge is -2.35. The van der Waals surface area contributed by atoms with E-state index in [0.717, 1.165) is 49.7 Å². The van der Waals surface area contributed by atoms with E-state index in [0.29, 0.717) is 19.5 Å². The van der Waals surface area contributed by atoms with E-state index in [4.69, 9.17) is 4.74 Å². The summed E-state index contributed by atoms with van der Waals surface area (Å²) in [7, 11) is 0. The Bertz CT molecular complexity index is 894. The second kappa shape index (κ2) is 18.7. The molecular formula is C33H57N3O4. The fourth-order valence-corrected chi connectivity index (χ4v) is 4.80. The number of carbonyl (C=O) groups excluding carboxylic acids is 3. The van der Waals surface area contributed by atoms with Crippen molar-refractivity contribution in [1.29, 1.82) is 0 Å². The predicted molar refractivity (Wildman–Crippen MR) is 164 cm³/mol. The molecule has 40 heavy (non-hydrogen) atoms. The predicted octanol–water partition coefficient (Wildman–Crippen LogP) is 7.47. The van der Waals surface area contributed by atoms with Crippen LogP contribution >= 0.6 is 0 Å². The van der Waals surface area contributed by atoms with E-state index in [-0.39, 0.29) is 17.7 Å². The molecular weight excluding hydrogens is 502 g/mol. The van der Waals surface area contributed by atoms with Crippen molar-refractivity contribution in [3.63, 3.8) is 0 Å². The average molecular weight is 560 g/mol. The Kier molecular flexibility index (Phi) is 16.6. The Morgan fingerprint density at radius 3 is 2.10 bits per heavy atom. The molecule has 1 aromatic carbocycles.